The zero-order chi connectivity index (χ0) is 19.8. The van der Waals surface area contributed by atoms with Crippen molar-refractivity contribution in [2.45, 2.75) is 59.4 Å². The standard InChI is InChI=1S/C22H35N3O2/c1-5-16(3)15-23-22(27)19-9-7-8-10-20(19)25-13-11-18(12-14-25)24-21(26)17(4)6-2/h7-10,16-18H,5-6,11-15H2,1-4H3,(H,23,27)(H,24,26)/t16-,17+/m0/s1. The van der Waals surface area contributed by atoms with E-state index >= 15 is 0 Å². The van der Waals surface area contributed by atoms with Gasteiger partial charge in [-0.25, -0.2) is 0 Å². The summed E-state index contributed by atoms with van der Waals surface area (Å²) in [4.78, 5) is 27.0. The smallest absolute Gasteiger partial charge is 0.253 e. The number of amides is 2. The first-order valence-electron chi connectivity index (χ1n) is 10.4. The molecule has 1 aromatic carbocycles. The van der Waals surface area contributed by atoms with Gasteiger partial charge in [-0.2, -0.15) is 0 Å². The predicted molar refractivity (Wildman–Crippen MR) is 111 cm³/mol. The van der Waals surface area contributed by atoms with Crippen molar-refractivity contribution in [1.82, 2.24) is 10.6 Å². The highest BCUT2D eigenvalue weighted by Crippen LogP contribution is 2.24. The number of nitrogens with one attached hydrogen (secondary N) is 2. The van der Waals surface area contributed by atoms with Crippen molar-refractivity contribution in [3.8, 4) is 0 Å². The van der Waals surface area contributed by atoms with Gasteiger partial charge in [0.15, 0.2) is 0 Å². The lowest BCUT2D eigenvalue weighted by Gasteiger charge is -2.35. The molecular formula is C22H35N3O2. The van der Waals surface area contributed by atoms with Gasteiger partial charge in [-0.05, 0) is 37.3 Å². The molecule has 27 heavy (non-hydrogen) atoms. The first kappa shape index (κ1) is 21.3. The third-order valence-corrected chi connectivity index (χ3v) is 5.70. The highest BCUT2D eigenvalue weighted by atomic mass is 16.2. The van der Waals surface area contributed by atoms with Crippen molar-refractivity contribution >= 4 is 17.5 Å². The van der Waals surface area contributed by atoms with E-state index in [9.17, 15) is 9.59 Å². The Bertz CT molecular complexity index is 624. The SMILES string of the molecule is CC[C@H](C)CNC(=O)c1ccccc1N1CCC(NC(=O)[C@H](C)CC)CC1. The van der Waals surface area contributed by atoms with Crippen molar-refractivity contribution in [2.24, 2.45) is 11.8 Å². The Morgan fingerprint density at radius 1 is 1.11 bits per heavy atom. The number of nitrogens with zero attached hydrogens (tertiary/aromatic N) is 1. The van der Waals surface area contributed by atoms with Crippen LogP contribution in [0.4, 0.5) is 5.69 Å². The highest BCUT2D eigenvalue weighted by Gasteiger charge is 2.24. The first-order chi connectivity index (χ1) is 13.0. The lowest BCUT2D eigenvalue weighted by molar-refractivity contribution is -0.125. The number of anilines is 1. The average Bonchev–Trinajstić information content (AvgIpc) is 2.71. The van der Waals surface area contributed by atoms with Crippen LogP contribution in [-0.4, -0.2) is 37.5 Å². The normalized spacial score (nSPS) is 17.3. The van der Waals surface area contributed by atoms with E-state index < -0.39 is 0 Å². The maximum absolute atomic E-state index is 12.7. The molecule has 1 fully saturated rings. The van der Waals surface area contributed by atoms with Crippen LogP contribution in [0, 0.1) is 11.8 Å². The molecule has 2 amide bonds. The molecule has 0 spiro atoms. The molecular weight excluding hydrogens is 338 g/mol. The molecule has 1 aliphatic heterocycles. The maximum Gasteiger partial charge on any atom is 0.253 e. The Labute approximate surface area is 163 Å². The van der Waals surface area contributed by atoms with Gasteiger partial charge in [0.25, 0.3) is 5.91 Å². The molecule has 0 unspecified atom stereocenters. The van der Waals surface area contributed by atoms with Crippen molar-refractivity contribution < 1.29 is 9.59 Å². The fraction of sp³-hybridized carbons (Fsp3) is 0.636. The molecule has 2 atom stereocenters. The van der Waals surface area contributed by atoms with Gasteiger partial charge in [-0.3, -0.25) is 9.59 Å². The molecule has 5 heteroatoms. The monoisotopic (exact) mass is 373 g/mol. The quantitative estimate of drug-likeness (QED) is 0.732. The van der Waals surface area contributed by atoms with Crippen molar-refractivity contribution in [3.05, 3.63) is 29.8 Å². The average molecular weight is 374 g/mol. The van der Waals surface area contributed by atoms with Gasteiger partial charge in [-0.1, -0.05) is 46.2 Å². The molecule has 2 rings (SSSR count). The summed E-state index contributed by atoms with van der Waals surface area (Å²) in [5.74, 6) is 0.697. The van der Waals surface area contributed by atoms with Gasteiger partial charge in [-0.15, -0.1) is 0 Å². The van der Waals surface area contributed by atoms with E-state index in [2.05, 4.69) is 29.4 Å². The van der Waals surface area contributed by atoms with E-state index in [1.807, 2.05) is 38.1 Å². The molecule has 0 aromatic heterocycles. The molecule has 0 saturated carbocycles. The summed E-state index contributed by atoms with van der Waals surface area (Å²) in [7, 11) is 0. The Morgan fingerprint density at radius 3 is 2.41 bits per heavy atom. The second-order valence-corrected chi connectivity index (χ2v) is 7.82. The lowest BCUT2D eigenvalue weighted by Crippen LogP contribution is -2.46. The van der Waals surface area contributed by atoms with Crippen LogP contribution in [0.2, 0.25) is 0 Å². The van der Waals surface area contributed by atoms with E-state index in [4.69, 9.17) is 0 Å². The van der Waals surface area contributed by atoms with Crippen LogP contribution < -0.4 is 15.5 Å². The molecule has 2 N–H and O–H groups in total. The molecule has 0 bridgehead atoms. The van der Waals surface area contributed by atoms with Crippen LogP contribution in [-0.2, 0) is 4.79 Å². The second kappa shape index (κ2) is 10.3. The summed E-state index contributed by atoms with van der Waals surface area (Å²) >= 11 is 0. The zero-order valence-corrected chi connectivity index (χ0v) is 17.3. The van der Waals surface area contributed by atoms with Crippen LogP contribution in [0.1, 0.15) is 63.7 Å². The molecule has 0 radical (unpaired) electrons. The van der Waals surface area contributed by atoms with Gasteiger partial charge < -0.3 is 15.5 Å². The summed E-state index contributed by atoms with van der Waals surface area (Å²) in [6.07, 6.45) is 3.73. The lowest BCUT2D eigenvalue weighted by atomic mass is 10.0. The fourth-order valence-corrected chi connectivity index (χ4v) is 3.24. The highest BCUT2D eigenvalue weighted by molar-refractivity contribution is 5.99. The van der Waals surface area contributed by atoms with E-state index in [1.165, 1.54) is 0 Å². The molecule has 1 heterocycles. The molecule has 1 saturated heterocycles. The number of hydrogen-bond acceptors (Lipinski definition) is 3. The number of para-hydroxylation sites is 1. The Kier molecular flexibility index (Phi) is 8.14. The summed E-state index contributed by atoms with van der Waals surface area (Å²) in [5, 5.41) is 6.23. The fourth-order valence-electron chi connectivity index (χ4n) is 3.24. The van der Waals surface area contributed by atoms with Crippen LogP contribution in [0.15, 0.2) is 24.3 Å². The summed E-state index contributed by atoms with van der Waals surface area (Å²) in [5.41, 5.74) is 1.73. The van der Waals surface area contributed by atoms with Gasteiger partial charge in [0.1, 0.15) is 0 Å². The topological polar surface area (TPSA) is 61.4 Å². The van der Waals surface area contributed by atoms with E-state index in [0.29, 0.717) is 12.5 Å². The van der Waals surface area contributed by atoms with Crippen molar-refractivity contribution in [2.75, 3.05) is 24.5 Å². The van der Waals surface area contributed by atoms with Crippen molar-refractivity contribution in [3.63, 3.8) is 0 Å². The van der Waals surface area contributed by atoms with Gasteiger partial charge in [0, 0.05) is 37.3 Å². The first-order valence-corrected chi connectivity index (χ1v) is 10.4. The minimum Gasteiger partial charge on any atom is -0.371 e. The largest absolute Gasteiger partial charge is 0.371 e. The van der Waals surface area contributed by atoms with Crippen LogP contribution in [0.5, 0.6) is 0 Å². The van der Waals surface area contributed by atoms with Gasteiger partial charge in [0.05, 0.1) is 5.56 Å². The molecule has 1 aromatic rings. The summed E-state index contributed by atoms with van der Waals surface area (Å²) < 4.78 is 0. The predicted octanol–water partition coefficient (Wildman–Crippen LogP) is 3.59. The Balaban J connectivity index is 1.96. The molecule has 150 valence electrons. The minimum absolute atomic E-state index is 0.00176. The maximum atomic E-state index is 12.7. The van der Waals surface area contributed by atoms with Crippen LogP contribution in [0.3, 0.4) is 0 Å². The van der Waals surface area contributed by atoms with Gasteiger partial charge >= 0.3 is 0 Å². The third kappa shape index (κ3) is 5.98. The number of benzene rings is 1. The molecule has 5 nitrogen and oxygen atoms in total. The van der Waals surface area contributed by atoms with Gasteiger partial charge in [0.2, 0.25) is 5.91 Å². The summed E-state index contributed by atoms with van der Waals surface area (Å²) in [6, 6.07) is 8.06. The van der Waals surface area contributed by atoms with E-state index in [1.54, 1.807) is 0 Å². The van der Waals surface area contributed by atoms with E-state index in [-0.39, 0.29) is 23.8 Å². The third-order valence-electron chi connectivity index (χ3n) is 5.70. The number of hydrogen-bond donors (Lipinski definition) is 2. The number of carbonyl (C=O) groups excluding carboxylic acids is 2. The minimum atomic E-state index is -0.00176. The number of piperidine rings is 1. The Hall–Kier alpha value is -2.04. The molecule has 1 aliphatic rings. The number of rotatable bonds is 8. The van der Waals surface area contributed by atoms with Crippen LogP contribution in [0.25, 0.3) is 0 Å². The summed E-state index contributed by atoms with van der Waals surface area (Å²) in [6.45, 7) is 10.7. The zero-order valence-electron chi connectivity index (χ0n) is 17.3. The second-order valence-electron chi connectivity index (χ2n) is 7.82. The Morgan fingerprint density at radius 2 is 1.78 bits per heavy atom. The molecule has 0 aliphatic carbocycles. The van der Waals surface area contributed by atoms with Crippen molar-refractivity contribution in [1.29, 1.82) is 0 Å². The number of carbonyl (C=O) groups is 2. The van der Waals surface area contributed by atoms with E-state index in [0.717, 1.165) is 50.0 Å². The van der Waals surface area contributed by atoms with Crippen LogP contribution >= 0.6 is 0 Å².